The Balaban J connectivity index is 1.80. The highest BCUT2D eigenvalue weighted by molar-refractivity contribution is 6.00. The van der Waals surface area contributed by atoms with Crippen LogP contribution in [-0.4, -0.2) is 61.3 Å². The fourth-order valence-corrected chi connectivity index (χ4v) is 4.07. The second kappa shape index (κ2) is 9.24. The normalized spacial score (nSPS) is 21.8. The summed E-state index contributed by atoms with van der Waals surface area (Å²) in [5.74, 6) is 1.22. The average molecular weight is 384 g/mol. The van der Waals surface area contributed by atoms with Crippen LogP contribution in [0.1, 0.15) is 31.7 Å². The van der Waals surface area contributed by atoms with Crippen molar-refractivity contribution < 1.29 is 4.79 Å². The topological polar surface area (TPSA) is 74.0 Å². The van der Waals surface area contributed by atoms with Gasteiger partial charge in [0.1, 0.15) is 5.84 Å². The fraction of sp³-hybridized carbons (Fsp3) is 0.545. The number of aliphatic imine (C=N–C) groups is 1. The molecule has 28 heavy (non-hydrogen) atoms. The van der Waals surface area contributed by atoms with E-state index in [0.29, 0.717) is 18.3 Å². The van der Waals surface area contributed by atoms with Gasteiger partial charge in [0.25, 0.3) is 0 Å². The van der Waals surface area contributed by atoms with E-state index >= 15 is 0 Å². The molecule has 0 spiro atoms. The SMILES string of the molecule is CC(=O)N1CCC(NCC2CCCN(C)C2)=C(C(N)=Nc2cccc(C)c2)C1. The molecule has 0 radical (unpaired) electrons. The maximum absolute atomic E-state index is 11.9. The minimum Gasteiger partial charge on any atom is -0.388 e. The van der Waals surface area contributed by atoms with Gasteiger partial charge >= 0.3 is 0 Å². The van der Waals surface area contributed by atoms with Gasteiger partial charge in [0, 0.05) is 44.2 Å². The lowest BCUT2D eigenvalue weighted by atomic mass is 9.97. The van der Waals surface area contributed by atoms with Gasteiger partial charge in [0.2, 0.25) is 5.91 Å². The van der Waals surface area contributed by atoms with Gasteiger partial charge in [-0.25, -0.2) is 4.99 Å². The maximum Gasteiger partial charge on any atom is 0.219 e. The van der Waals surface area contributed by atoms with Crippen molar-refractivity contribution in [2.75, 3.05) is 39.8 Å². The van der Waals surface area contributed by atoms with Crippen LogP contribution in [0.4, 0.5) is 5.69 Å². The highest BCUT2D eigenvalue weighted by atomic mass is 16.2. The number of amides is 1. The Morgan fingerprint density at radius 3 is 2.89 bits per heavy atom. The van der Waals surface area contributed by atoms with E-state index in [1.54, 1.807) is 6.92 Å². The van der Waals surface area contributed by atoms with Crippen LogP contribution in [0, 0.1) is 12.8 Å². The molecule has 2 aliphatic heterocycles. The predicted octanol–water partition coefficient (Wildman–Crippen LogP) is 2.42. The number of benzene rings is 1. The van der Waals surface area contributed by atoms with E-state index in [1.807, 2.05) is 36.1 Å². The molecule has 1 aromatic rings. The zero-order chi connectivity index (χ0) is 20.1. The van der Waals surface area contributed by atoms with Gasteiger partial charge in [-0.3, -0.25) is 4.79 Å². The fourth-order valence-electron chi connectivity index (χ4n) is 4.07. The molecule has 1 saturated heterocycles. The molecule has 1 fully saturated rings. The van der Waals surface area contributed by atoms with Gasteiger partial charge in [-0.2, -0.15) is 0 Å². The standard InChI is InChI=1S/C22H33N5O/c1-16-6-4-8-19(12-16)25-22(23)20-15-27(17(2)28)11-9-21(20)24-13-18-7-5-10-26(3)14-18/h4,6,8,12,18,24H,5,7,9-11,13-15H2,1-3H3,(H2,23,25). The summed E-state index contributed by atoms with van der Waals surface area (Å²) in [6, 6.07) is 8.00. The third-order valence-electron chi connectivity index (χ3n) is 5.68. The third-order valence-corrected chi connectivity index (χ3v) is 5.68. The zero-order valence-electron chi connectivity index (χ0n) is 17.4. The van der Waals surface area contributed by atoms with Crippen molar-refractivity contribution in [1.29, 1.82) is 0 Å². The first-order valence-electron chi connectivity index (χ1n) is 10.2. The van der Waals surface area contributed by atoms with Crippen LogP contribution in [0.15, 0.2) is 40.5 Å². The summed E-state index contributed by atoms with van der Waals surface area (Å²) >= 11 is 0. The Kier molecular flexibility index (Phi) is 6.73. The first-order valence-corrected chi connectivity index (χ1v) is 10.2. The van der Waals surface area contributed by atoms with E-state index in [2.05, 4.69) is 22.3 Å². The number of hydrogen-bond donors (Lipinski definition) is 2. The highest BCUT2D eigenvalue weighted by Crippen LogP contribution is 2.21. The van der Waals surface area contributed by atoms with Crippen LogP contribution in [-0.2, 0) is 4.79 Å². The lowest BCUT2D eigenvalue weighted by molar-refractivity contribution is -0.128. The van der Waals surface area contributed by atoms with Crippen LogP contribution in [0.3, 0.4) is 0 Å². The Morgan fingerprint density at radius 2 is 2.18 bits per heavy atom. The Bertz CT molecular complexity index is 770. The first-order chi connectivity index (χ1) is 13.4. The number of aryl methyl sites for hydroxylation is 1. The molecular formula is C22H33N5O. The first kappa shape index (κ1) is 20.4. The zero-order valence-corrected chi connectivity index (χ0v) is 17.4. The molecule has 0 aromatic heterocycles. The van der Waals surface area contributed by atoms with E-state index in [4.69, 9.17) is 5.73 Å². The van der Waals surface area contributed by atoms with Gasteiger partial charge in [-0.05, 0) is 57.0 Å². The number of nitrogens with one attached hydrogen (secondary N) is 1. The van der Waals surface area contributed by atoms with Crippen molar-refractivity contribution >= 4 is 17.4 Å². The van der Waals surface area contributed by atoms with Crippen molar-refractivity contribution in [3.8, 4) is 0 Å². The molecule has 6 heteroatoms. The van der Waals surface area contributed by atoms with E-state index in [-0.39, 0.29) is 5.91 Å². The number of hydrogen-bond acceptors (Lipinski definition) is 4. The minimum absolute atomic E-state index is 0.0776. The summed E-state index contributed by atoms with van der Waals surface area (Å²) in [7, 11) is 2.19. The molecular weight excluding hydrogens is 350 g/mol. The number of nitrogens with zero attached hydrogens (tertiary/aromatic N) is 3. The predicted molar refractivity (Wildman–Crippen MR) is 115 cm³/mol. The quantitative estimate of drug-likeness (QED) is 0.605. The van der Waals surface area contributed by atoms with Crippen molar-refractivity contribution in [3.05, 3.63) is 41.1 Å². The summed E-state index contributed by atoms with van der Waals surface area (Å²) in [5.41, 5.74) is 10.5. The Labute approximate surface area is 168 Å². The molecule has 0 bridgehead atoms. The van der Waals surface area contributed by atoms with E-state index in [1.165, 1.54) is 19.4 Å². The largest absolute Gasteiger partial charge is 0.388 e. The average Bonchev–Trinajstić information content (AvgIpc) is 2.66. The summed E-state index contributed by atoms with van der Waals surface area (Å²) in [4.78, 5) is 20.8. The van der Waals surface area contributed by atoms with Gasteiger partial charge < -0.3 is 20.9 Å². The lowest BCUT2D eigenvalue weighted by Gasteiger charge is -2.33. The van der Waals surface area contributed by atoms with Crippen molar-refractivity contribution in [1.82, 2.24) is 15.1 Å². The number of carbonyl (C=O) groups excluding carboxylic acids is 1. The number of amidine groups is 1. The van der Waals surface area contributed by atoms with E-state index in [0.717, 1.165) is 48.6 Å². The molecule has 1 aromatic carbocycles. The third kappa shape index (κ3) is 5.35. The lowest BCUT2D eigenvalue weighted by Crippen LogP contribution is -2.43. The number of carbonyl (C=O) groups is 1. The van der Waals surface area contributed by atoms with Crippen molar-refractivity contribution in [3.63, 3.8) is 0 Å². The highest BCUT2D eigenvalue weighted by Gasteiger charge is 2.24. The molecule has 0 saturated carbocycles. The van der Waals surface area contributed by atoms with Crippen LogP contribution in [0.5, 0.6) is 0 Å². The van der Waals surface area contributed by atoms with Crippen molar-refractivity contribution in [2.45, 2.75) is 33.1 Å². The monoisotopic (exact) mass is 383 g/mol. The van der Waals surface area contributed by atoms with Gasteiger partial charge in [0.05, 0.1) is 12.2 Å². The molecule has 6 nitrogen and oxygen atoms in total. The summed E-state index contributed by atoms with van der Waals surface area (Å²) in [6.07, 6.45) is 3.30. The molecule has 0 aliphatic carbocycles. The van der Waals surface area contributed by atoms with Gasteiger partial charge in [-0.15, -0.1) is 0 Å². The molecule has 2 heterocycles. The van der Waals surface area contributed by atoms with Crippen LogP contribution < -0.4 is 11.1 Å². The molecule has 3 N–H and O–H groups in total. The minimum atomic E-state index is 0.0776. The van der Waals surface area contributed by atoms with Crippen LogP contribution in [0.2, 0.25) is 0 Å². The number of likely N-dealkylation sites (tertiary alicyclic amines) is 1. The Morgan fingerprint density at radius 1 is 1.36 bits per heavy atom. The van der Waals surface area contributed by atoms with Gasteiger partial charge in [0.15, 0.2) is 0 Å². The van der Waals surface area contributed by atoms with Crippen molar-refractivity contribution in [2.24, 2.45) is 16.6 Å². The maximum atomic E-state index is 11.9. The second-order valence-corrected chi connectivity index (χ2v) is 8.14. The number of rotatable bonds is 5. The number of piperidine rings is 1. The smallest absolute Gasteiger partial charge is 0.219 e. The number of nitrogens with two attached hydrogens (primary N) is 1. The molecule has 1 atom stereocenters. The Hall–Kier alpha value is -2.34. The molecule has 1 amide bonds. The molecule has 2 aliphatic rings. The summed E-state index contributed by atoms with van der Waals surface area (Å²) in [6.45, 7) is 8.16. The molecule has 3 rings (SSSR count). The summed E-state index contributed by atoms with van der Waals surface area (Å²) in [5, 5.41) is 3.65. The van der Waals surface area contributed by atoms with E-state index in [9.17, 15) is 4.79 Å². The summed E-state index contributed by atoms with van der Waals surface area (Å²) < 4.78 is 0. The molecule has 1 unspecified atom stereocenters. The van der Waals surface area contributed by atoms with E-state index < -0.39 is 0 Å². The van der Waals surface area contributed by atoms with Crippen LogP contribution in [0.25, 0.3) is 0 Å². The van der Waals surface area contributed by atoms with Crippen LogP contribution >= 0.6 is 0 Å². The van der Waals surface area contributed by atoms with Gasteiger partial charge in [-0.1, -0.05) is 12.1 Å². The second-order valence-electron chi connectivity index (χ2n) is 8.14. The molecule has 152 valence electrons.